The highest BCUT2D eigenvalue weighted by Gasteiger charge is 2.09. The molecule has 4 nitrogen and oxygen atoms in total. The summed E-state index contributed by atoms with van der Waals surface area (Å²) in [7, 11) is 1.96. The number of aryl methyl sites for hydroxylation is 1. The van der Waals surface area contributed by atoms with Crippen LogP contribution in [-0.2, 0) is 13.6 Å². The Kier molecular flexibility index (Phi) is 4.11. The molecule has 0 radical (unpaired) electrons. The Morgan fingerprint density at radius 3 is 2.78 bits per heavy atom. The third-order valence-corrected chi connectivity index (χ3v) is 2.91. The van der Waals surface area contributed by atoms with E-state index in [1.807, 2.05) is 48.1 Å². The second kappa shape index (κ2) is 5.99. The highest BCUT2D eigenvalue weighted by Crippen LogP contribution is 2.13. The van der Waals surface area contributed by atoms with Gasteiger partial charge in [0.25, 0.3) is 0 Å². The molecule has 1 heterocycles. The van der Waals surface area contributed by atoms with E-state index in [0.717, 1.165) is 11.4 Å². The predicted octanol–water partition coefficient (Wildman–Crippen LogP) is 1.82. The average Bonchev–Trinajstić information content (AvgIpc) is 2.81. The van der Waals surface area contributed by atoms with Crippen LogP contribution in [0, 0.1) is 11.3 Å². The normalized spacial score (nSPS) is 12.0. The molecule has 0 aliphatic carbocycles. The topological polar surface area (TPSA) is 53.6 Å². The number of hydrogen-bond donors (Lipinski definition) is 1. The van der Waals surface area contributed by atoms with Gasteiger partial charge in [0.1, 0.15) is 5.82 Å². The second-order valence-corrected chi connectivity index (χ2v) is 4.18. The largest absolute Gasteiger partial charge is 0.337 e. The fourth-order valence-corrected chi connectivity index (χ4v) is 1.82. The van der Waals surface area contributed by atoms with Crippen LogP contribution in [0.15, 0.2) is 42.7 Å². The zero-order valence-corrected chi connectivity index (χ0v) is 10.4. The summed E-state index contributed by atoms with van der Waals surface area (Å²) >= 11 is 0. The summed E-state index contributed by atoms with van der Waals surface area (Å²) in [4.78, 5) is 4.23. The number of hydrogen-bond acceptors (Lipinski definition) is 3. The monoisotopic (exact) mass is 240 g/mol. The summed E-state index contributed by atoms with van der Waals surface area (Å²) in [5.41, 5.74) is 1.05. The Labute approximate surface area is 107 Å². The number of aromatic nitrogens is 2. The van der Waals surface area contributed by atoms with Crippen molar-refractivity contribution in [3.8, 4) is 6.07 Å². The van der Waals surface area contributed by atoms with Crippen molar-refractivity contribution in [1.29, 1.82) is 5.26 Å². The highest BCUT2D eigenvalue weighted by molar-refractivity contribution is 5.25. The molecule has 0 fully saturated rings. The Bertz CT molecular complexity index is 524. The molecule has 1 N–H and O–H groups in total. The molecule has 1 aromatic carbocycles. The first-order valence-electron chi connectivity index (χ1n) is 5.92. The third-order valence-electron chi connectivity index (χ3n) is 2.91. The average molecular weight is 240 g/mol. The summed E-state index contributed by atoms with van der Waals surface area (Å²) in [6.45, 7) is 1.31. The van der Waals surface area contributed by atoms with E-state index in [4.69, 9.17) is 0 Å². The van der Waals surface area contributed by atoms with Crippen LogP contribution in [-0.4, -0.2) is 16.1 Å². The maximum absolute atomic E-state index is 9.18. The summed E-state index contributed by atoms with van der Waals surface area (Å²) in [5, 5.41) is 12.5. The van der Waals surface area contributed by atoms with Crippen molar-refractivity contribution in [2.24, 2.45) is 7.05 Å². The van der Waals surface area contributed by atoms with Crippen LogP contribution in [0.4, 0.5) is 0 Å². The fraction of sp³-hybridized carbons (Fsp3) is 0.286. The third kappa shape index (κ3) is 2.96. The van der Waals surface area contributed by atoms with E-state index in [2.05, 4.69) is 16.4 Å². The summed E-state index contributed by atoms with van der Waals surface area (Å²) in [6, 6.07) is 12.2. The van der Waals surface area contributed by atoms with E-state index >= 15 is 0 Å². The first-order valence-corrected chi connectivity index (χ1v) is 5.92. The molecule has 0 amide bonds. The van der Waals surface area contributed by atoms with Gasteiger partial charge in [0.2, 0.25) is 0 Å². The minimum atomic E-state index is -0.119. The van der Waals surface area contributed by atoms with E-state index in [1.54, 1.807) is 6.20 Å². The molecule has 1 atom stereocenters. The molecular formula is C14H16N4. The zero-order chi connectivity index (χ0) is 12.8. The number of nitriles is 1. The Morgan fingerprint density at radius 1 is 1.39 bits per heavy atom. The van der Waals surface area contributed by atoms with E-state index in [-0.39, 0.29) is 5.92 Å². The first-order chi connectivity index (χ1) is 8.81. The van der Waals surface area contributed by atoms with Crippen LogP contribution in [0.25, 0.3) is 0 Å². The molecule has 18 heavy (non-hydrogen) atoms. The number of benzene rings is 1. The van der Waals surface area contributed by atoms with Gasteiger partial charge in [-0.25, -0.2) is 4.98 Å². The zero-order valence-electron chi connectivity index (χ0n) is 10.4. The Balaban J connectivity index is 1.89. The second-order valence-electron chi connectivity index (χ2n) is 4.18. The van der Waals surface area contributed by atoms with E-state index < -0.39 is 0 Å². The predicted molar refractivity (Wildman–Crippen MR) is 69.7 cm³/mol. The first kappa shape index (κ1) is 12.3. The molecule has 0 saturated carbocycles. The van der Waals surface area contributed by atoms with E-state index in [0.29, 0.717) is 13.1 Å². The number of imidazole rings is 1. The van der Waals surface area contributed by atoms with Gasteiger partial charge in [-0.3, -0.25) is 0 Å². The molecule has 0 aliphatic heterocycles. The number of nitrogens with one attached hydrogen (secondary N) is 1. The maximum Gasteiger partial charge on any atom is 0.122 e. The quantitative estimate of drug-likeness (QED) is 0.867. The molecule has 0 bridgehead atoms. The van der Waals surface area contributed by atoms with Gasteiger partial charge in [0, 0.05) is 26.0 Å². The smallest absolute Gasteiger partial charge is 0.122 e. The number of rotatable bonds is 5. The van der Waals surface area contributed by atoms with Crippen molar-refractivity contribution < 1.29 is 0 Å². The Morgan fingerprint density at radius 2 is 2.17 bits per heavy atom. The van der Waals surface area contributed by atoms with Gasteiger partial charge in [0.15, 0.2) is 0 Å². The summed E-state index contributed by atoms with van der Waals surface area (Å²) in [5.74, 6) is 0.853. The maximum atomic E-state index is 9.18. The van der Waals surface area contributed by atoms with Gasteiger partial charge in [-0.15, -0.1) is 0 Å². The fourth-order valence-electron chi connectivity index (χ4n) is 1.82. The summed E-state index contributed by atoms with van der Waals surface area (Å²) < 4.78 is 1.97. The summed E-state index contributed by atoms with van der Waals surface area (Å²) in [6.07, 6.45) is 3.69. The molecule has 0 aliphatic rings. The lowest BCUT2D eigenvalue weighted by Crippen LogP contribution is -2.22. The van der Waals surface area contributed by atoms with Crippen LogP contribution in [0.3, 0.4) is 0 Å². The van der Waals surface area contributed by atoms with Gasteiger partial charge in [0.05, 0.1) is 18.5 Å². The van der Waals surface area contributed by atoms with Crippen LogP contribution in [0.2, 0.25) is 0 Å². The molecule has 1 aromatic heterocycles. The molecule has 0 saturated heterocycles. The lowest BCUT2D eigenvalue weighted by molar-refractivity contribution is 0.615. The van der Waals surface area contributed by atoms with E-state index in [9.17, 15) is 5.26 Å². The van der Waals surface area contributed by atoms with Crippen molar-refractivity contribution >= 4 is 0 Å². The molecule has 2 rings (SSSR count). The van der Waals surface area contributed by atoms with Gasteiger partial charge in [-0.05, 0) is 5.56 Å². The number of nitrogens with zero attached hydrogens (tertiary/aromatic N) is 3. The Hall–Kier alpha value is -2.12. The minimum Gasteiger partial charge on any atom is -0.337 e. The van der Waals surface area contributed by atoms with E-state index in [1.165, 1.54) is 0 Å². The highest BCUT2D eigenvalue weighted by atomic mass is 15.1. The molecule has 1 unspecified atom stereocenters. The van der Waals surface area contributed by atoms with Gasteiger partial charge in [-0.2, -0.15) is 5.26 Å². The molecule has 0 spiro atoms. The SMILES string of the molecule is Cn1ccnc1CNCC(C#N)c1ccccc1. The molecule has 4 heteroatoms. The van der Waals surface area contributed by atoms with Crippen molar-refractivity contribution in [3.63, 3.8) is 0 Å². The van der Waals surface area contributed by atoms with Crippen molar-refractivity contribution in [2.75, 3.05) is 6.54 Å². The van der Waals surface area contributed by atoms with Gasteiger partial charge in [-0.1, -0.05) is 30.3 Å². The molecule has 2 aromatic rings. The minimum absolute atomic E-state index is 0.119. The van der Waals surface area contributed by atoms with Crippen molar-refractivity contribution in [2.45, 2.75) is 12.5 Å². The van der Waals surface area contributed by atoms with Crippen LogP contribution in [0.5, 0.6) is 0 Å². The standard InChI is InChI=1S/C14H16N4/c1-18-8-7-17-14(18)11-16-10-13(9-15)12-5-3-2-4-6-12/h2-8,13,16H,10-11H2,1H3. The van der Waals surface area contributed by atoms with Gasteiger partial charge >= 0.3 is 0 Å². The lowest BCUT2D eigenvalue weighted by atomic mass is 10.0. The lowest BCUT2D eigenvalue weighted by Gasteiger charge is -2.10. The molecular weight excluding hydrogens is 224 g/mol. The van der Waals surface area contributed by atoms with Crippen LogP contribution < -0.4 is 5.32 Å². The van der Waals surface area contributed by atoms with Gasteiger partial charge < -0.3 is 9.88 Å². The van der Waals surface area contributed by atoms with Crippen LogP contribution >= 0.6 is 0 Å². The van der Waals surface area contributed by atoms with Crippen molar-refractivity contribution in [1.82, 2.24) is 14.9 Å². The molecule has 92 valence electrons. The van der Waals surface area contributed by atoms with Crippen molar-refractivity contribution in [3.05, 3.63) is 54.1 Å². The van der Waals surface area contributed by atoms with Crippen LogP contribution in [0.1, 0.15) is 17.3 Å².